The van der Waals surface area contributed by atoms with Crippen molar-refractivity contribution in [1.82, 2.24) is 0 Å². The summed E-state index contributed by atoms with van der Waals surface area (Å²) in [7, 11) is 1.20. The molecule has 6 nitrogen and oxygen atoms in total. The number of esters is 1. The molecule has 0 aliphatic rings. The van der Waals surface area contributed by atoms with Gasteiger partial charge in [0.1, 0.15) is 11.5 Å². The van der Waals surface area contributed by atoms with Gasteiger partial charge in [0.05, 0.1) is 13.4 Å². The van der Waals surface area contributed by atoms with Gasteiger partial charge in [0.2, 0.25) is 5.76 Å². The van der Waals surface area contributed by atoms with Gasteiger partial charge in [0.25, 0.3) is 0 Å². The lowest BCUT2D eigenvalue weighted by molar-refractivity contribution is 0.0701. The predicted octanol–water partition coefficient (Wildman–Crippen LogP) is 2.64. The van der Waals surface area contributed by atoms with E-state index in [0.29, 0.717) is 0 Å². The number of furan rings is 1. The van der Waals surface area contributed by atoms with Crippen LogP contribution in [0, 0.1) is 0 Å². The van der Waals surface area contributed by atoms with Crippen LogP contribution in [0.1, 0.15) is 10.6 Å². The van der Waals surface area contributed by atoms with E-state index in [9.17, 15) is 9.59 Å². The lowest BCUT2D eigenvalue weighted by Crippen LogP contribution is -2.09. The van der Waals surface area contributed by atoms with E-state index >= 15 is 0 Å². The van der Waals surface area contributed by atoms with Crippen molar-refractivity contribution in [2.45, 2.75) is 0 Å². The molecule has 0 unspecified atom stereocenters. The van der Waals surface area contributed by atoms with Crippen molar-refractivity contribution in [1.29, 1.82) is 0 Å². The van der Waals surface area contributed by atoms with Crippen LogP contribution >= 0.6 is 0 Å². The quantitative estimate of drug-likeness (QED) is 0.481. The van der Waals surface area contributed by atoms with E-state index in [1.165, 1.54) is 31.6 Å². The van der Waals surface area contributed by atoms with Crippen molar-refractivity contribution in [3.05, 3.63) is 48.4 Å². The fourth-order valence-electron chi connectivity index (χ4n) is 1.29. The van der Waals surface area contributed by atoms with Crippen LogP contribution < -0.4 is 9.47 Å². The van der Waals surface area contributed by atoms with Gasteiger partial charge >= 0.3 is 12.1 Å². The molecular weight excluding hydrogens is 252 g/mol. The molecule has 0 spiro atoms. The molecule has 0 saturated carbocycles. The van der Waals surface area contributed by atoms with E-state index in [1.807, 2.05) is 0 Å². The fourth-order valence-corrected chi connectivity index (χ4v) is 1.29. The Morgan fingerprint density at radius 3 is 2.42 bits per heavy atom. The molecule has 0 aliphatic heterocycles. The van der Waals surface area contributed by atoms with Gasteiger partial charge < -0.3 is 18.6 Å². The van der Waals surface area contributed by atoms with Crippen molar-refractivity contribution in [2.24, 2.45) is 0 Å². The van der Waals surface area contributed by atoms with Gasteiger partial charge in [0, 0.05) is 6.07 Å². The van der Waals surface area contributed by atoms with Gasteiger partial charge in [-0.25, -0.2) is 9.59 Å². The Morgan fingerprint density at radius 1 is 1.05 bits per heavy atom. The highest BCUT2D eigenvalue weighted by atomic mass is 16.7. The number of hydrogen-bond donors (Lipinski definition) is 0. The Hall–Kier alpha value is -2.76. The van der Waals surface area contributed by atoms with E-state index in [2.05, 4.69) is 4.74 Å². The second-order valence-electron chi connectivity index (χ2n) is 3.40. The molecule has 0 N–H and O–H groups in total. The molecule has 19 heavy (non-hydrogen) atoms. The number of methoxy groups -OCH3 is 1. The van der Waals surface area contributed by atoms with Crippen LogP contribution in [-0.2, 0) is 4.74 Å². The van der Waals surface area contributed by atoms with Gasteiger partial charge in [-0.2, -0.15) is 0 Å². The molecule has 0 atom stereocenters. The highest BCUT2D eigenvalue weighted by Gasteiger charge is 2.12. The van der Waals surface area contributed by atoms with Gasteiger partial charge in [-0.1, -0.05) is 6.07 Å². The van der Waals surface area contributed by atoms with Gasteiger partial charge in [-0.15, -0.1) is 0 Å². The van der Waals surface area contributed by atoms with Gasteiger partial charge in [-0.05, 0) is 24.3 Å². The third-order valence-corrected chi connectivity index (χ3v) is 2.11. The van der Waals surface area contributed by atoms with Crippen LogP contribution in [0.25, 0.3) is 0 Å². The maximum absolute atomic E-state index is 11.6. The Balaban J connectivity index is 2.07. The molecule has 1 heterocycles. The second-order valence-corrected chi connectivity index (χ2v) is 3.40. The van der Waals surface area contributed by atoms with Crippen molar-refractivity contribution in [3.63, 3.8) is 0 Å². The van der Waals surface area contributed by atoms with E-state index in [4.69, 9.17) is 13.9 Å². The van der Waals surface area contributed by atoms with Crippen LogP contribution in [0.2, 0.25) is 0 Å². The number of hydrogen-bond acceptors (Lipinski definition) is 6. The van der Waals surface area contributed by atoms with Crippen LogP contribution in [0.15, 0.2) is 47.1 Å². The second kappa shape index (κ2) is 5.72. The van der Waals surface area contributed by atoms with Crippen LogP contribution in [-0.4, -0.2) is 19.2 Å². The van der Waals surface area contributed by atoms with Gasteiger partial charge in [-0.3, -0.25) is 0 Å². The SMILES string of the molecule is COC(=O)Oc1cccc(OC(=O)c2ccco2)c1. The lowest BCUT2D eigenvalue weighted by Gasteiger charge is -2.05. The third-order valence-electron chi connectivity index (χ3n) is 2.11. The molecule has 0 amide bonds. The normalized spacial score (nSPS) is 9.74. The summed E-state index contributed by atoms with van der Waals surface area (Å²) >= 11 is 0. The molecule has 2 aromatic rings. The number of rotatable bonds is 3. The molecular formula is C13H10O6. The molecule has 0 saturated heterocycles. The number of carbonyl (C=O) groups excluding carboxylic acids is 2. The standard InChI is InChI=1S/C13H10O6/c1-16-13(15)19-10-5-2-4-9(8-10)18-12(14)11-6-3-7-17-11/h2-8H,1H3. The number of ether oxygens (including phenoxy) is 3. The molecule has 0 bridgehead atoms. The van der Waals surface area contributed by atoms with E-state index in [1.54, 1.807) is 18.2 Å². The van der Waals surface area contributed by atoms with Crippen LogP contribution in [0.5, 0.6) is 11.5 Å². The number of carbonyl (C=O) groups is 2. The maximum atomic E-state index is 11.6. The summed E-state index contributed by atoms with van der Waals surface area (Å²) in [5.41, 5.74) is 0. The Bertz CT molecular complexity index is 573. The first-order valence-corrected chi connectivity index (χ1v) is 5.30. The molecule has 0 radical (unpaired) electrons. The summed E-state index contributed by atoms with van der Waals surface area (Å²) in [5.74, 6) is -0.126. The smallest absolute Gasteiger partial charge is 0.457 e. The highest BCUT2D eigenvalue weighted by Crippen LogP contribution is 2.20. The molecule has 2 rings (SSSR count). The van der Waals surface area contributed by atoms with Crippen molar-refractivity contribution >= 4 is 12.1 Å². The molecule has 1 aromatic carbocycles. The molecule has 98 valence electrons. The summed E-state index contributed by atoms with van der Waals surface area (Å²) < 4.78 is 19.1. The molecule has 0 fully saturated rings. The van der Waals surface area contributed by atoms with E-state index in [-0.39, 0.29) is 17.3 Å². The van der Waals surface area contributed by atoms with E-state index < -0.39 is 12.1 Å². The lowest BCUT2D eigenvalue weighted by atomic mass is 10.3. The summed E-state index contributed by atoms with van der Waals surface area (Å²) in [4.78, 5) is 22.6. The maximum Gasteiger partial charge on any atom is 0.513 e. The Labute approximate surface area is 108 Å². The number of benzene rings is 1. The average Bonchev–Trinajstić information content (AvgIpc) is 2.93. The molecule has 1 aromatic heterocycles. The van der Waals surface area contributed by atoms with Crippen molar-refractivity contribution < 1.29 is 28.2 Å². The summed E-state index contributed by atoms with van der Waals surface area (Å²) in [6.07, 6.45) is 0.516. The zero-order valence-corrected chi connectivity index (χ0v) is 9.99. The van der Waals surface area contributed by atoms with Crippen LogP contribution in [0.3, 0.4) is 0 Å². The highest BCUT2D eigenvalue weighted by molar-refractivity contribution is 5.88. The predicted molar refractivity (Wildman–Crippen MR) is 63.1 cm³/mol. The summed E-state index contributed by atoms with van der Waals surface area (Å²) in [5, 5.41) is 0. The summed E-state index contributed by atoms with van der Waals surface area (Å²) in [6, 6.07) is 9.09. The largest absolute Gasteiger partial charge is 0.513 e. The average molecular weight is 262 g/mol. The fraction of sp³-hybridized carbons (Fsp3) is 0.0769. The Kier molecular flexibility index (Phi) is 3.82. The Morgan fingerprint density at radius 2 is 1.79 bits per heavy atom. The van der Waals surface area contributed by atoms with Crippen molar-refractivity contribution in [3.8, 4) is 11.5 Å². The first-order chi connectivity index (χ1) is 9.19. The molecule has 0 aliphatic carbocycles. The first kappa shape index (κ1) is 12.7. The third kappa shape index (κ3) is 3.35. The zero-order chi connectivity index (χ0) is 13.7. The monoisotopic (exact) mass is 262 g/mol. The summed E-state index contributed by atoms with van der Waals surface area (Å²) in [6.45, 7) is 0. The van der Waals surface area contributed by atoms with E-state index in [0.717, 1.165) is 0 Å². The minimum absolute atomic E-state index is 0.0827. The first-order valence-electron chi connectivity index (χ1n) is 5.30. The minimum Gasteiger partial charge on any atom is -0.457 e. The van der Waals surface area contributed by atoms with Crippen LogP contribution in [0.4, 0.5) is 4.79 Å². The minimum atomic E-state index is -0.852. The van der Waals surface area contributed by atoms with Gasteiger partial charge in [0.15, 0.2) is 0 Å². The van der Waals surface area contributed by atoms with Crippen molar-refractivity contribution in [2.75, 3.05) is 7.11 Å². The molecule has 6 heteroatoms. The zero-order valence-electron chi connectivity index (χ0n) is 9.99. The topological polar surface area (TPSA) is 75.0 Å².